The predicted octanol–water partition coefficient (Wildman–Crippen LogP) is -0.494. The lowest BCUT2D eigenvalue weighted by molar-refractivity contribution is -0.152. The second-order valence-corrected chi connectivity index (χ2v) is 3.83. The third kappa shape index (κ3) is 3.18. The van der Waals surface area contributed by atoms with Crippen LogP contribution in [0.1, 0.15) is 26.2 Å². The molecular formula is C10H17NO5. The Hall–Kier alpha value is -1.14. The van der Waals surface area contributed by atoms with Gasteiger partial charge in [-0.3, -0.25) is 4.79 Å². The summed E-state index contributed by atoms with van der Waals surface area (Å²) in [4.78, 5) is 22.2. The Morgan fingerprint density at radius 2 is 2.06 bits per heavy atom. The molecule has 0 aromatic rings. The third-order valence-corrected chi connectivity index (χ3v) is 2.65. The van der Waals surface area contributed by atoms with Crippen LogP contribution in [0.5, 0.6) is 0 Å². The summed E-state index contributed by atoms with van der Waals surface area (Å²) in [5, 5.41) is 20.2. The number of amides is 1. The number of aliphatic carboxylic acids is 1. The van der Waals surface area contributed by atoms with Gasteiger partial charge in [-0.15, -0.1) is 0 Å². The highest BCUT2D eigenvalue weighted by atomic mass is 16.5. The molecule has 0 aliphatic carbocycles. The number of carboxylic acids is 1. The summed E-state index contributed by atoms with van der Waals surface area (Å²) in [7, 11) is 0. The maximum atomic E-state index is 11.6. The van der Waals surface area contributed by atoms with Crippen molar-refractivity contribution in [3.63, 3.8) is 0 Å². The van der Waals surface area contributed by atoms with Crippen LogP contribution >= 0.6 is 0 Å². The van der Waals surface area contributed by atoms with Gasteiger partial charge in [-0.05, 0) is 19.3 Å². The highest BCUT2D eigenvalue weighted by Crippen LogP contribution is 2.20. The molecule has 0 aromatic carbocycles. The average molecular weight is 231 g/mol. The van der Waals surface area contributed by atoms with Crippen LogP contribution in [-0.4, -0.2) is 46.9 Å². The molecule has 1 aliphatic heterocycles. The molecule has 3 N–H and O–H groups in total. The molecule has 1 aliphatic rings. The monoisotopic (exact) mass is 231 g/mol. The second kappa shape index (κ2) is 5.81. The quantitative estimate of drug-likeness (QED) is 0.593. The number of rotatable bonds is 5. The van der Waals surface area contributed by atoms with Crippen molar-refractivity contribution in [3.8, 4) is 0 Å². The Kier molecular flexibility index (Phi) is 4.70. The summed E-state index contributed by atoms with van der Waals surface area (Å²) in [6, 6.07) is -0.292. The zero-order valence-corrected chi connectivity index (χ0v) is 9.18. The first kappa shape index (κ1) is 12.9. The second-order valence-electron chi connectivity index (χ2n) is 3.83. The molecule has 0 spiro atoms. The van der Waals surface area contributed by atoms with Gasteiger partial charge in [-0.2, -0.15) is 0 Å². The Bertz CT molecular complexity index is 264. The molecule has 1 saturated heterocycles. The van der Waals surface area contributed by atoms with Crippen molar-refractivity contribution in [1.29, 1.82) is 0 Å². The third-order valence-electron chi connectivity index (χ3n) is 2.65. The predicted molar refractivity (Wildman–Crippen MR) is 54.8 cm³/mol. The first-order valence-electron chi connectivity index (χ1n) is 5.38. The van der Waals surface area contributed by atoms with Gasteiger partial charge < -0.3 is 20.3 Å². The van der Waals surface area contributed by atoms with Gasteiger partial charge >= 0.3 is 5.97 Å². The van der Waals surface area contributed by atoms with E-state index in [4.69, 9.17) is 14.9 Å². The van der Waals surface area contributed by atoms with E-state index in [0.717, 1.165) is 0 Å². The molecule has 6 nitrogen and oxygen atoms in total. The number of carbonyl (C=O) groups excluding carboxylic acids is 1. The van der Waals surface area contributed by atoms with E-state index >= 15 is 0 Å². The van der Waals surface area contributed by atoms with Gasteiger partial charge in [0, 0.05) is 0 Å². The molecule has 0 saturated carbocycles. The first-order valence-corrected chi connectivity index (χ1v) is 5.38. The van der Waals surface area contributed by atoms with Crippen molar-refractivity contribution in [3.05, 3.63) is 0 Å². The SMILES string of the molecule is CC[C@H](CO)NC(=O)[C@@H]1CC[C@H](C(=O)O)O1. The fourth-order valence-electron chi connectivity index (χ4n) is 1.58. The number of nitrogens with one attached hydrogen (secondary N) is 1. The summed E-state index contributed by atoms with van der Waals surface area (Å²) in [5.41, 5.74) is 0. The van der Waals surface area contributed by atoms with Gasteiger partial charge in [0.05, 0.1) is 12.6 Å². The summed E-state index contributed by atoms with van der Waals surface area (Å²) in [6.07, 6.45) is -0.211. The van der Waals surface area contributed by atoms with Crippen molar-refractivity contribution in [1.82, 2.24) is 5.32 Å². The minimum atomic E-state index is -1.04. The van der Waals surface area contributed by atoms with Crippen LogP contribution < -0.4 is 5.32 Å². The minimum absolute atomic E-state index is 0.128. The van der Waals surface area contributed by atoms with E-state index in [1.54, 1.807) is 0 Å². The number of hydrogen-bond acceptors (Lipinski definition) is 4. The summed E-state index contributed by atoms with van der Waals surface area (Å²) < 4.78 is 5.08. The van der Waals surface area contributed by atoms with E-state index in [0.29, 0.717) is 19.3 Å². The van der Waals surface area contributed by atoms with Crippen LogP contribution in [0.4, 0.5) is 0 Å². The Morgan fingerprint density at radius 3 is 2.50 bits per heavy atom. The summed E-state index contributed by atoms with van der Waals surface area (Å²) in [5.74, 6) is -1.38. The molecule has 3 atom stereocenters. The highest BCUT2D eigenvalue weighted by Gasteiger charge is 2.35. The molecule has 1 rings (SSSR count). The fourth-order valence-corrected chi connectivity index (χ4v) is 1.58. The lowest BCUT2D eigenvalue weighted by Crippen LogP contribution is -2.43. The van der Waals surface area contributed by atoms with Crippen molar-refractivity contribution in [2.45, 2.75) is 44.4 Å². The molecule has 1 fully saturated rings. The molecule has 0 aromatic heterocycles. The van der Waals surface area contributed by atoms with E-state index in [-0.39, 0.29) is 18.6 Å². The maximum absolute atomic E-state index is 11.6. The Balaban J connectivity index is 2.41. The van der Waals surface area contributed by atoms with E-state index in [1.807, 2.05) is 6.92 Å². The minimum Gasteiger partial charge on any atom is -0.479 e. The van der Waals surface area contributed by atoms with Crippen LogP contribution in [0.25, 0.3) is 0 Å². The van der Waals surface area contributed by atoms with Gasteiger partial charge in [-0.1, -0.05) is 6.92 Å². The van der Waals surface area contributed by atoms with Crippen molar-refractivity contribution in [2.24, 2.45) is 0 Å². The van der Waals surface area contributed by atoms with E-state index < -0.39 is 18.2 Å². The molecule has 0 radical (unpaired) electrons. The van der Waals surface area contributed by atoms with Crippen LogP contribution in [0.15, 0.2) is 0 Å². The fraction of sp³-hybridized carbons (Fsp3) is 0.800. The summed E-state index contributed by atoms with van der Waals surface area (Å²) in [6.45, 7) is 1.72. The molecule has 0 unspecified atom stereocenters. The Morgan fingerprint density at radius 1 is 1.44 bits per heavy atom. The molecule has 16 heavy (non-hydrogen) atoms. The van der Waals surface area contributed by atoms with E-state index in [2.05, 4.69) is 5.32 Å². The van der Waals surface area contributed by atoms with Gasteiger partial charge in [-0.25, -0.2) is 4.79 Å². The number of aliphatic hydroxyl groups excluding tert-OH is 1. The number of carbonyl (C=O) groups is 2. The summed E-state index contributed by atoms with van der Waals surface area (Å²) >= 11 is 0. The van der Waals surface area contributed by atoms with Crippen LogP contribution in [-0.2, 0) is 14.3 Å². The van der Waals surface area contributed by atoms with Crippen molar-refractivity contribution >= 4 is 11.9 Å². The Labute approximate surface area is 93.6 Å². The maximum Gasteiger partial charge on any atom is 0.332 e. The average Bonchev–Trinajstić information content (AvgIpc) is 2.74. The van der Waals surface area contributed by atoms with Gasteiger partial charge in [0.15, 0.2) is 6.10 Å². The molecule has 1 heterocycles. The number of carboxylic acid groups (broad SMARTS) is 1. The number of aliphatic hydroxyl groups is 1. The van der Waals surface area contributed by atoms with E-state index in [9.17, 15) is 9.59 Å². The molecule has 92 valence electrons. The van der Waals surface area contributed by atoms with Crippen LogP contribution in [0, 0.1) is 0 Å². The lowest BCUT2D eigenvalue weighted by Gasteiger charge is -2.17. The molecular weight excluding hydrogens is 214 g/mol. The molecule has 1 amide bonds. The van der Waals surface area contributed by atoms with Gasteiger partial charge in [0.2, 0.25) is 5.91 Å². The normalized spacial score (nSPS) is 26.4. The van der Waals surface area contributed by atoms with E-state index in [1.165, 1.54) is 0 Å². The number of hydrogen-bond donors (Lipinski definition) is 3. The largest absolute Gasteiger partial charge is 0.479 e. The highest BCUT2D eigenvalue weighted by molar-refractivity contribution is 5.82. The van der Waals surface area contributed by atoms with Gasteiger partial charge in [0.1, 0.15) is 6.10 Å². The zero-order chi connectivity index (χ0) is 12.1. The topological polar surface area (TPSA) is 95.9 Å². The van der Waals surface area contributed by atoms with Gasteiger partial charge in [0.25, 0.3) is 0 Å². The zero-order valence-electron chi connectivity index (χ0n) is 9.18. The molecule has 6 heteroatoms. The van der Waals surface area contributed by atoms with Crippen LogP contribution in [0.3, 0.4) is 0 Å². The van der Waals surface area contributed by atoms with Crippen molar-refractivity contribution in [2.75, 3.05) is 6.61 Å². The van der Waals surface area contributed by atoms with Crippen LogP contribution in [0.2, 0.25) is 0 Å². The standard InChI is InChI=1S/C10H17NO5/c1-2-6(5-12)11-9(13)7-3-4-8(16-7)10(14)15/h6-8,12H,2-5H2,1H3,(H,11,13)(H,14,15)/t6-,7+,8-/m1/s1. The first-order chi connectivity index (χ1) is 7.58. The smallest absolute Gasteiger partial charge is 0.332 e. The van der Waals surface area contributed by atoms with Crippen molar-refractivity contribution < 1.29 is 24.5 Å². The molecule has 0 bridgehead atoms. The lowest BCUT2D eigenvalue weighted by atomic mass is 10.1. The number of ether oxygens (including phenoxy) is 1.